The van der Waals surface area contributed by atoms with Gasteiger partial charge in [-0.2, -0.15) is 0 Å². The number of carbonyl (C=O) groups is 1. The van der Waals surface area contributed by atoms with Crippen molar-refractivity contribution >= 4 is 17.6 Å². The first-order valence-corrected chi connectivity index (χ1v) is 6.39. The lowest BCUT2D eigenvalue weighted by atomic mass is 10.1. The van der Waals surface area contributed by atoms with Crippen molar-refractivity contribution in [2.24, 2.45) is 0 Å². The maximum atomic E-state index is 11.7. The average molecular weight is 293 g/mol. The molecule has 0 unspecified atom stereocenters. The van der Waals surface area contributed by atoms with Gasteiger partial charge in [0.25, 0.3) is 0 Å². The van der Waals surface area contributed by atoms with Gasteiger partial charge in [-0.3, -0.25) is 4.79 Å². The highest BCUT2D eigenvalue weighted by Gasteiger charge is 2.07. The van der Waals surface area contributed by atoms with Crippen LogP contribution in [0.5, 0.6) is 17.2 Å². The quantitative estimate of drug-likeness (QED) is 0.670. The van der Waals surface area contributed by atoms with Gasteiger partial charge in [-0.1, -0.05) is 23.7 Å². The van der Waals surface area contributed by atoms with Crippen LogP contribution in [0.2, 0.25) is 5.02 Å². The zero-order valence-electron chi connectivity index (χ0n) is 10.5. The van der Waals surface area contributed by atoms with Crippen LogP contribution in [0, 0.1) is 0 Å². The fourth-order valence-corrected chi connectivity index (χ4v) is 1.83. The standard InChI is InChI=1S/C15H13ClO4/c16-11-4-1-10(2-5-11)3-6-15(19)20-14-8-12(17)7-13(18)9-14/h1-2,4-5,7-9,17-18H,3,6H2. The van der Waals surface area contributed by atoms with Gasteiger partial charge < -0.3 is 14.9 Å². The molecule has 0 fully saturated rings. The molecule has 20 heavy (non-hydrogen) atoms. The molecule has 2 aromatic rings. The van der Waals surface area contributed by atoms with E-state index < -0.39 is 5.97 Å². The molecule has 0 aromatic heterocycles. The SMILES string of the molecule is O=C(CCc1ccc(Cl)cc1)Oc1cc(O)cc(O)c1. The molecule has 0 bridgehead atoms. The van der Waals surface area contributed by atoms with Crippen molar-refractivity contribution in [3.63, 3.8) is 0 Å². The number of halogens is 1. The van der Waals surface area contributed by atoms with E-state index >= 15 is 0 Å². The number of hydrogen-bond acceptors (Lipinski definition) is 4. The normalized spacial score (nSPS) is 10.2. The summed E-state index contributed by atoms with van der Waals surface area (Å²) in [6, 6.07) is 10.9. The van der Waals surface area contributed by atoms with E-state index in [9.17, 15) is 15.0 Å². The lowest BCUT2D eigenvalue weighted by molar-refractivity contribution is -0.134. The second kappa shape index (κ2) is 6.30. The summed E-state index contributed by atoms with van der Waals surface area (Å²) in [7, 11) is 0. The second-order valence-electron chi connectivity index (χ2n) is 4.29. The van der Waals surface area contributed by atoms with E-state index in [4.69, 9.17) is 16.3 Å². The lowest BCUT2D eigenvalue weighted by Crippen LogP contribution is -2.08. The summed E-state index contributed by atoms with van der Waals surface area (Å²) >= 11 is 5.77. The predicted molar refractivity (Wildman–Crippen MR) is 75.2 cm³/mol. The third kappa shape index (κ3) is 4.17. The summed E-state index contributed by atoms with van der Waals surface area (Å²) in [5, 5.41) is 19.2. The van der Waals surface area contributed by atoms with Crippen LogP contribution in [0.25, 0.3) is 0 Å². The minimum absolute atomic E-state index is 0.114. The Hall–Kier alpha value is -2.20. The molecule has 2 N–H and O–H groups in total. The van der Waals surface area contributed by atoms with E-state index in [1.807, 2.05) is 12.1 Å². The molecule has 0 atom stereocenters. The fourth-order valence-electron chi connectivity index (χ4n) is 1.71. The minimum Gasteiger partial charge on any atom is -0.508 e. The topological polar surface area (TPSA) is 66.8 Å². The van der Waals surface area contributed by atoms with E-state index in [0.29, 0.717) is 11.4 Å². The Morgan fingerprint density at radius 3 is 2.25 bits per heavy atom. The van der Waals surface area contributed by atoms with E-state index in [1.54, 1.807) is 12.1 Å². The molecular formula is C15H13ClO4. The Balaban J connectivity index is 1.90. The van der Waals surface area contributed by atoms with E-state index in [-0.39, 0.29) is 23.7 Å². The van der Waals surface area contributed by atoms with Crippen LogP contribution in [-0.2, 0) is 11.2 Å². The summed E-state index contributed by atoms with van der Waals surface area (Å²) < 4.78 is 5.04. The molecule has 2 rings (SSSR count). The first-order valence-electron chi connectivity index (χ1n) is 6.01. The number of hydrogen-bond donors (Lipinski definition) is 2. The summed E-state index contributed by atoms with van der Waals surface area (Å²) in [4.78, 5) is 11.7. The Labute approximate surface area is 121 Å². The third-order valence-corrected chi connectivity index (χ3v) is 2.89. The van der Waals surface area contributed by atoms with Gasteiger partial charge in [-0.25, -0.2) is 0 Å². The highest BCUT2D eigenvalue weighted by molar-refractivity contribution is 6.30. The molecule has 0 spiro atoms. The second-order valence-corrected chi connectivity index (χ2v) is 4.72. The maximum Gasteiger partial charge on any atom is 0.311 e. The van der Waals surface area contributed by atoms with Crippen molar-refractivity contribution in [3.8, 4) is 17.2 Å². The smallest absolute Gasteiger partial charge is 0.311 e. The van der Waals surface area contributed by atoms with E-state index in [1.165, 1.54) is 12.1 Å². The summed E-state index contributed by atoms with van der Waals surface area (Å²) in [6.45, 7) is 0. The van der Waals surface area contributed by atoms with Crippen LogP contribution >= 0.6 is 11.6 Å². The monoisotopic (exact) mass is 292 g/mol. The van der Waals surface area contributed by atoms with Crippen LogP contribution in [-0.4, -0.2) is 16.2 Å². The molecule has 0 aliphatic heterocycles. The molecule has 4 nitrogen and oxygen atoms in total. The zero-order valence-corrected chi connectivity index (χ0v) is 11.3. The molecule has 0 amide bonds. The third-order valence-electron chi connectivity index (χ3n) is 2.64. The van der Waals surface area contributed by atoms with Gasteiger partial charge in [0.05, 0.1) is 0 Å². The summed E-state index contributed by atoms with van der Waals surface area (Å²) in [5.41, 5.74) is 0.977. The van der Waals surface area contributed by atoms with Crippen LogP contribution in [0.1, 0.15) is 12.0 Å². The van der Waals surface area contributed by atoms with Crippen LogP contribution in [0.4, 0.5) is 0 Å². The number of rotatable bonds is 4. The van der Waals surface area contributed by atoms with Gasteiger partial charge >= 0.3 is 5.97 Å². The van der Waals surface area contributed by atoms with Crippen molar-refractivity contribution in [1.82, 2.24) is 0 Å². The Kier molecular flexibility index (Phi) is 4.48. The van der Waals surface area contributed by atoms with E-state index in [0.717, 1.165) is 11.6 Å². The summed E-state index contributed by atoms with van der Waals surface area (Å²) in [6.07, 6.45) is 0.721. The van der Waals surface area contributed by atoms with Gasteiger partial charge in [-0.05, 0) is 24.1 Å². The van der Waals surface area contributed by atoms with Gasteiger partial charge in [0.1, 0.15) is 17.2 Å². The largest absolute Gasteiger partial charge is 0.508 e. The van der Waals surface area contributed by atoms with Crippen molar-refractivity contribution < 1.29 is 19.7 Å². The molecule has 0 radical (unpaired) electrons. The minimum atomic E-state index is -0.440. The van der Waals surface area contributed by atoms with Crippen molar-refractivity contribution in [1.29, 1.82) is 0 Å². The summed E-state index contributed by atoms with van der Waals surface area (Å²) in [5.74, 6) is -0.649. The van der Waals surface area contributed by atoms with Crippen molar-refractivity contribution in [3.05, 3.63) is 53.1 Å². The number of phenolic OH excluding ortho intramolecular Hbond substituents is 2. The van der Waals surface area contributed by atoms with Gasteiger partial charge in [0.15, 0.2) is 0 Å². The number of carbonyl (C=O) groups excluding carboxylic acids is 1. The van der Waals surface area contributed by atoms with Crippen molar-refractivity contribution in [2.75, 3.05) is 0 Å². The molecule has 2 aromatic carbocycles. The molecular weight excluding hydrogens is 280 g/mol. The molecule has 0 saturated heterocycles. The van der Waals surface area contributed by atoms with Crippen LogP contribution in [0.3, 0.4) is 0 Å². The molecule has 5 heteroatoms. The zero-order chi connectivity index (χ0) is 14.5. The number of ether oxygens (including phenoxy) is 1. The number of benzene rings is 2. The Bertz CT molecular complexity index is 588. The Morgan fingerprint density at radius 1 is 1.05 bits per heavy atom. The van der Waals surface area contributed by atoms with Gasteiger partial charge in [0.2, 0.25) is 0 Å². The number of aryl methyl sites for hydroxylation is 1. The van der Waals surface area contributed by atoms with E-state index in [2.05, 4.69) is 0 Å². The highest BCUT2D eigenvalue weighted by Crippen LogP contribution is 2.26. The van der Waals surface area contributed by atoms with Gasteiger partial charge in [0, 0.05) is 29.6 Å². The first-order chi connectivity index (χ1) is 9.52. The average Bonchev–Trinajstić information content (AvgIpc) is 2.37. The van der Waals surface area contributed by atoms with Crippen LogP contribution in [0.15, 0.2) is 42.5 Å². The molecule has 0 aliphatic rings. The first kappa shape index (κ1) is 14.2. The highest BCUT2D eigenvalue weighted by atomic mass is 35.5. The predicted octanol–water partition coefficient (Wildman–Crippen LogP) is 3.29. The fraction of sp³-hybridized carbons (Fsp3) is 0.133. The molecule has 0 aliphatic carbocycles. The lowest BCUT2D eigenvalue weighted by Gasteiger charge is -2.06. The Morgan fingerprint density at radius 2 is 1.65 bits per heavy atom. The van der Waals surface area contributed by atoms with Crippen molar-refractivity contribution in [2.45, 2.75) is 12.8 Å². The number of aromatic hydroxyl groups is 2. The molecule has 104 valence electrons. The maximum absolute atomic E-state index is 11.7. The molecule has 0 saturated carbocycles. The number of esters is 1. The molecule has 0 heterocycles. The number of phenols is 2. The van der Waals surface area contributed by atoms with Gasteiger partial charge in [-0.15, -0.1) is 0 Å². The van der Waals surface area contributed by atoms with Crippen LogP contribution < -0.4 is 4.74 Å².